The molecule has 6 rings (SSSR count). The van der Waals surface area contributed by atoms with Gasteiger partial charge in [0.2, 0.25) is 5.91 Å². The average Bonchev–Trinajstić information content (AvgIpc) is 3.29. The van der Waals surface area contributed by atoms with E-state index in [9.17, 15) is 22.8 Å². The standard InChI is InChI=1S/C24H26ClF3N4O2/c25-21-18-10-16(13-4-5-13)11-19(24(26,27)28)32(18)29-22(21)23(34)30-6-7-31(20(33)12-30)17-8-14-2-1-3-15(14)9-17/h10-11,13-15,17H,1-9,12H2. The molecule has 4 fully saturated rings. The van der Waals surface area contributed by atoms with Crippen LogP contribution in [0.1, 0.15) is 72.6 Å². The second kappa shape index (κ2) is 7.86. The van der Waals surface area contributed by atoms with E-state index in [0.29, 0.717) is 30.5 Å². The van der Waals surface area contributed by atoms with E-state index in [1.54, 1.807) is 6.07 Å². The molecule has 1 saturated heterocycles. The van der Waals surface area contributed by atoms with Gasteiger partial charge in [0, 0.05) is 19.1 Å². The number of hydrogen-bond donors (Lipinski definition) is 0. The molecule has 0 radical (unpaired) electrons. The first kappa shape index (κ1) is 22.2. The summed E-state index contributed by atoms with van der Waals surface area (Å²) in [6.07, 6.45) is 2.85. The largest absolute Gasteiger partial charge is 0.433 e. The molecule has 2 aromatic rings. The minimum Gasteiger partial charge on any atom is -0.336 e. The van der Waals surface area contributed by atoms with Crippen molar-refractivity contribution in [3.63, 3.8) is 0 Å². The highest BCUT2D eigenvalue weighted by Gasteiger charge is 2.43. The van der Waals surface area contributed by atoms with Crippen LogP contribution in [0.25, 0.3) is 5.52 Å². The Kier molecular flexibility index (Phi) is 5.13. The molecule has 1 aliphatic heterocycles. The van der Waals surface area contributed by atoms with Crippen molar-refractivity contribution < 1.29 is 22.8 Å². The fourth-order valence-corrected chi connectivity index (χ4v) is 6.56. The van der Waals surface area contributed by atoms with Crippen LogP contribution in [-0.2, 0) is 11.0 Å². The van der Waals surface area contributed by atoms with Gasteiger partial charge >= 0.3 is 6.18 Å². The number of carbonyl (C=O) groups is 2. The smallest absolute Gasteiger partial charge is 0.336 e. The van der Waals surface area contributed by atoms with Crippen molar-refractivity contribution in [1.29, 1.82) is 0 Å². The minimum atomic E-state index is -4.64. The van der Waals surface area contributed by atoms with Gasteiger partial charge in [0.1, 0.15) is 12.2 Å². The maximum atomic E-state index is 13.8. The van der Waals surface area contributed by atoms with Gasteiger partial charge in [-0.1, -0.05) is 30.9 Å². The number of pyridine rings is 1. The summed E-state index contributed by atoms with van der Waals surface area (Å²) in [7, 11) is 0. The molecule has 0 N–H and O–H groups in total. The van der Waals surface area contributed by atoms with Crippen LogP contribution in [0, 0.1) is 11.8 Å². The van der Waals surface area contributed by atoms with Crippen molar-refractivity contribution in [2.75, 3.05) is 19.6 Å². The average molecular weight is 495 g/mol. The zero-order chi connectivity index (χ0) is 23.8. The quantitative estimate of drug-likeness (QED) is 0.619. The minimum absolute atomic E-state index is 0.0733. The van der Waals surface area contributed by atoms with Crippen molar-refractivity contribution in [3.8, 4) is 0 Å². The van der Waals surface area contributed by atoms with Gasteiger partial charge in [-0.3, -0.25) is 9.59 Å². The highest BCUT2D eigenvalue weighted by atomic mass is 35.5. The summed E-state index contributed by atoms with van der Waals surface area (Å²) >= 11 is 6.42. The number of rotatable bonds is 3. The van der Waals surface area contributed by atoms with Gasteiger partial charge in [0.15, 0.2) is 5.69 Å². The van der Waals surface area contributed by atoms with E-state index in [-0.39, 0.29) is 40.6 Å². The lowest BCUT2D eigenvalue weighted by Crippen LogP contribution is -2.55. The number of halogens is 4. The van der Waals surface area contributed by atoms with Crippen molar-refractivity contribution in [2.45, 2.75) is 63.1 Å². The Morgan fingerprint density at radius 2 is 1.76 bits per heavy atom. The zero-order valence-electron chi connectivity index (χ0n) is 18.7. The van der Waals surface area contributed by atoms with Crippen LogP contribution < -0.4 is 0 Å². The third kappa shape index (κ3) is 3.67. The van der Waals surface area contributed by atoms with Crippen LogP contribution in [0.5, 0.6) is 0 Å². The summed E-state index contributed by atoms with van der Waals surface area (Å²) in [4.78, 5) is 29.4. The zero-order valence-corrected chi connectivity index (χ0v) is 19.4. The van der Waals surface area contributed by atoms with Crippen LogP contribution in [0.4, 0.5) is 13.2 Å². The summed E-state index contributed by atoms with van der Waals surface area (Å²) in [5, 5.41) is 3.88. The predicted molar refractivity (Wildman–Crippen MR) is 119 cm³/mol. The monoisotopic (exact) mass is 494 g/mol. The molecule has 2 aromatic heterocycles. The summed E-state index contributed by atoms with van der Waals surface area (Å²) in [5.41, 5.74) is -0.549. The molecule has 10 heteroatoms. The van der Waals surface area contributed by atoms with E-state index in [1.807, 2.05) is 4.90 Å². The van der Waals surface area contributed by atoms with Gasteiger partial charge in [0.25, 0.3) is 5.91 Å². The van der Waals surface area contributed by atoms with E-state index < -0.39 is 17.8 Å². The van der Waals surface area contributed by atoms with E-state index in [2.05, 4.69) is 5.10 Å². The molecule has 4 aliphatic rings. The second-order valence-electron chi connectivity index (χ2n) is 10.3. The van der Waals surface area contributed by atoms with Crippen molar-refractivity contribution in [2.24, 2.45) is 11.8 Å². The molecule has 3 heterocycles. The van der Waals surface area contributed by atoms with E-state index >= 15 is 0 Å². The first-order chi connectivity index (χ1) is 16.2. The van der Waals surface area contributed by atoms with Gasteiger partial charge in [-0.15, -0.1) is 0 Å². The van der Waals surface area contributed by atoms with Crippen LogP contribution in [-0.4, -0.2) is 56.9 Å². The number of aromatic nitrogens is 2. The molecule has 6 nitrogen and oxygen atoms in total. The molecule has 0 spiro atoms. The Bertz CT molecular complexity index is 1160. The van der Waals surface area contributed by atoms with Crippen molar-refractivity contribution >= 4 is 28.9 Å². The van der Waals surface area contributed by atoms with Crippen molar-refractivity contribution in [1.82, 2.24) is 19.4 Å². The predicted octanol–water partition coefficient (Wildman–Crippen LogP) is 4.75. The molecule has 0 bridgehead atoms. The first-order valence-corrected chi connectivity index (χ1v) is 12.5. The summed E-state index contributed by atoms with van der Waals surface area (Å²) < 4.78 is 42.0. The molecule has 2 amide bonds. The molecule has 3 saturated carbocycles. The normalized spacial score (nSPS) is 27.6. The lowest BCUT2D eigenvalue weighted by atomic mass is 10.0. The van der Waals surface area contributed by atoms with Crippen LogP contribution in [0.2, 0.25) is 5.02 Å². The third-order valence-electron chi connectivity index (χ3n) is 8.19. The van der Waals surface area contributed by atoms with Gasteiger partial charge in [-0.25, -0.2) is 4.52 Å². The highest BCUT2D eigenvalue weighted by molar-refractivity contribution is 6.36. The van der Waals surface area contributed by atoms with Crippen LogP contribution in [0.15, 0.2) is 12.1 Å². The van der Waals surface area contributed by atoms with E-state index in [1.165, 1.54) is 24.2 Å². The molecule has 34 heavy (non-hydrogen) atoms. The third-order valence-corrected chi connectivity index (χ3v) is 8.56. The Balaban J connectivity index is 1.24. The Hall–Kier alpha value is -2.29. The maximum absolute atomic E-state index is 13.8. The number of fused-ring (bicyclic) bond motifs is 2. The topological polar surface area (TPSA) is 57.9 Å². The number of alkyl halides is 3. The number of nitrogens with zero attached hydrogens (tertiary/aromatic N) is 4. The SMILES string of the molecule is O=C(c1nn2c(C(F)(F)F)cc(C3CC3)cc2c1Cl)N1CCN(C2CC3CCCC3C2)C(=O)C1. The van der Waals surface area contributed by atoms with Gasteiger partial charge in [-0.05, 0) is 61.1 Å². The molecular weight excluding hydrogens is 469 g/mol. The molecule has 3 aliphatic carbocycles. The van der Waals surface area contributed by atoms with Crippen LogP contribution >= 0.6 is 11.6 Å². The summed E-state index contributed by atoms with van der Waals surface area (Å²) in [6.45, 7) is 0.647. The molecular formula is C24H26ClF3N4O2. The Morgan fingerprint density at radius 1 is 1.06 bits per heavy atom. The Labute approximate surface area is 200 Å². The van der Waals surface area contributed by atoms with E-state index in [0.717, 1.165) is 36.3 Å². The lowest BCUT2D eigenvalue weighted by Gasteiger charge is -2.38. The summed E-state index contributed by atoms with van der Waals surface area (Å²) in [5.74, 6) is 0.773. The molecule has 0 aromatic carbocycles. The van der Waals surface area contributed by atoms with Gasteiger partial charge in [-0.2, -0.15) is 18.3 Å². The van der Waals surface area contributed by atoms with Crippen molar-refractivity contribution in [3.05, 3.63) is 34.1 Å². The summed E-state index contributed by atoms with van der Waals surface area (Å²) in [6, 6.07) is 2.93. The molecule has 2 unspecified atom stereocenters. The first-order valence-electron chi connectivity index (χ1n) is 12.1. The molecule has 2 atom stereocenters. The fourth-order valence-electron chi connectivity index (χ4n) is 6.31. The molecule has 182 valence electrons. The number of carbonyl (C=O) groups excluding carboxylic acids is 2. The second-order valence-corrected chi connectivity index (χ2v) is 10.7. The van der Waals surface area contributed by atoms with Gasteiger partial charge < -0.3 is 9.80 Å². The lowest BCUT2D eigenvalue weighted by molar-refractivity contribution is -0.142. The maximum Gasteiger partial charge on any atom is 0.433 e. The highest BCUT2D eigenvalue weighted by Crippen LogP contribution is 2.46. The fraction of sp³-hybridized carbons (Fsp3) is 0.625. The number of amides is 2. The van der Waals surface area contributed by atoms with Gasteiger partial charge in [0.05, 0.1) is 10.5 Å². The van der Waals surface area contributed by atoms with E-state index in [4.69, 9.17) is 11.6 Å². The number of piperazine rings is 1. The number of hydrogen-bond acceptors (Lipinski definition) is 3. The Morgan fingerprint density at radius 3 is 2.38 bits per heavy atom. The van der Waals surface area contributed by atoms with Crippen LogP contribution in [0.3, 0.4) is 0 Å².